The van der Waals surface area contributed by atoms with Crippen LogP contribution in [0.2, 0.25) is 0 Å². The van der Waals surface area contributed by atoms with Crippen molar-refractivity contribution in [3.8, 4) is 22.5 Å². The van der Waals surface area contributed by atoms with Gasteiger partial charge in [0, 0.05) is 40.8 Å². The third-order valence-corrected chi connectivity index (χ3v) is 5.74. The molecule has 162 valence electrons. The van der Waals surface area contributed by atoms with Crippen molar-refractivity contribution in [2.45, 2.75) is 6.92 Å². The largest absolute Gasteiger partial charge is 0.456 e. The van der Waals surface area contributed by atoms with Gasteiger partial charge in [-0.05, 0) is 48.9 Å². The summed E-state index contributed by atoms with van der Waals surface area (Å²) in [6.07, 6.45) is 0. The van der Waals surface area contributed by atoms with Gasteiger partial charge < -0.3 is 14.7 Å². The van der Waals surface area contributed by atoms with E-state index >= 15 is 0 Å². The van der Waals surface area contributed by atoms with Gasteiger partial charge in [-0.15, -0.1) is 0 Å². The number of hydrogen-bond donors (Lipinski definition) is 2. The second-order valence-corrected chi connectivity index (χ2v) is 8.48. The van der Waals surface area contributed by atoms with Gasteiger partial charge in [0.15, 0.2) is 0 Å². The lowest BCUT2D eigenvalue weighted by atomic mass is 9.93. The molecular formula is C28H25N4O+. The van der Waals surface area contributed by atoms with Crippen LogP contribution in [0.1, 0.15) is 5.56 Å². The molecule has 0 saturated heterocycles. The van der Waals surface area contributed by atoms with Crippen LogP contribution in [-0.2, 0) is 0 Å². The number of quaternary nitrogens is 1. The van der Waals surface area contributed by atoms with Crippen molar-refractivity contribution in [1.29, 1.82) is 5.41 Å². The van der Waals surface area contributed by atoms with Gasteiger partial charge in [0.1, 0.15) is 17.0 Å². The predicted molar refractivity (Wildman–Crippen MR) is 132 cm³/mol. The van der Waals surface area contributed by atoms with Gasteiger partial charge in [-0.25, -0.2) is 0 Å². The van der Waals surface area contributed by atoms with Crippen molar-refractivity contribution in [3.05, 3.63) is 95.8 Å². The molecule has 3 aromatic rings. The van der Waals surface area contributed by atoms with Gasteiger partial charge >= 0.3 is 0 Å². The first kappa shape index (κ1) is 20.8. The van der Waals surface area contributed by atoms with Gasteiger partial charge in [-0.2, -0.15) is 10.2 Å². The van der Waals surface area contributed by atoms with Gasteiger partial charge in [-0.3, -0.25) is 0 Å². The minimum Gasteiger partial charge on any atom is -0.456 e. The molecule has 0 aromatic heterocycles. The van der Waals surface area contributed by atoms with Gasteiger partial charge in [0.05, 0.1) is 30.8 Å². The van der Waals surface area contributed by atoms with E-state index < -0.39 is 0 Å². The molecule has 3 aromatic carbocycles. The Labute approximate surface area is 192 Å². The third-order valence-electron chi connectivity index (χ3n) is 5.74. The highest BCUT2D eigenvalue weighted by Crippen LogP contribution is 2.41. The highest BCUT2D eigenvalue weighted by molar-refractivity contribution is 6.02. The summed E-state index contributed by atoms with van der Waals surface area (Å²) in [5.41, 5.74) is 7.83. The zero-order chi connectivity index (χ0) is 22.9. The van der Waals surface area contributed by atoms with E-state index in [1.54, 1.807) is 12.1 Å². The Balaban J connectivity index is 1.63. The molecule has 0 amide bonds. The Hall–Kier alpha value is -4.09. The summed E-state index contributed by atoms with van der Waals surface area (Å²) in [4.78, 5) is 1.27. The normalized spacial score (nSPS) is 11.8. The Kier molecular flexibility index (Phi) is 5.32. The molecule has 5 nitrogen and oxygen atoms in total. The maximum atomic E-state index is 8.04. The first-order valence-electron chi connectivity index (χ1n) is 10.9. The number of nitrogens with zero attached hydrogens (tertiary/aromatic N) is 2. The lowest BCUT2D eigenvalue weighted by Gasteiger charge is -2.15. The van der Waals surface area contributed by atoms with Gasteiger partial charge in [0.2, 0.25) is 0 Å². The second kappa shape index (κ2) is 8.45. The van der Waals surface area contributed by atoms with Crippen molar-refractivity contribution in [2.75, 3.05) is 14.1 Å². The molecule has 33 heavy (non-hydrogen) atoms. The smallest absolute Gasteiger partial charge is 0.137 e. The van der Waals surface area contributed by atoms with Crippen LogP contribution in [0, 0.1) is 12.3 Å². The van der Waals surface area contributed by atoms with Gasteiger partial charge in [0.25, 0.3) is 0 Å². The maximum absolute atomic E-state index is 8.04. The molecule has 0 fully saturated rings. The SMILES string of the molecule is Cc1cccc(-c2c3ccc(=N)cc-3oc3cc(N=Nc4ccc([NH+](C)C)cc4)ccc23)c1. The number of azo groups is 1. The van der Waals surface area contributed by atoms with Gasteiger partial charge in [-0.1, -0.05) is 29.8 Å². The van der Waals surface area contributed by atoms with Crippen molar-refractivity contribution in [1.82, 2.24) is 0 Å². The van der Waals surface area contributed by atoms with E-state index in [4.69, 9.17) is 9.83 Å². The minimum absolute atomic E-state index is 0.416. The average Bonchev–Trinajstić information content (AvgIpc) is 2.81. The number of aryl methyl sites for hydroxylation is 1. The Morgan fingerprint density at radius 3 is 2.30 bits per heavy atom. The average molecular weight is 434 g/mol. The zero-order valence-corrected chi connectivity index (χ0v) is 18.9. The number of nitrogens with one attached hydrogen (secondary N) is 2. The summed E-state index contributed by atoms with van der Waals surface area (Å²) in [7, 11) is 4.18. The minimum atomic E-state index is 0.416. The van der Waals surface area contributed by atoms with Crippen LogP contribution in [0.3, 0.4) is 0 Å². The number of hydrogen-bond acceptors (Lipinski definition) is 4. The van der Waals surface area contributed by atoms with E-state index in [2.05, 4.69) is 67.6 Å². The second-order valence-electron chi connectivity index (χ2n) is 8.48. The maximum Gasteiger partial charge on any atom is 0.137 e. The molecule has 5 rings (SSSR count). The summed E-state index contributed by atoms with van der Waals surface area (Å²) in [6.45, 7) is 2.09. The van der Waals surface area contributed by atoms with Crippen LogP contribution >= 0.6 is 0 Å². The molecule has 1 aliphatic heterocycles. The Morgan fingerprint density at radius 1 is 0.788 bits per heavy atom. The Morgan fingerprint density at radius 2 is 1.55 bits per heavy atom. The van der Waals surface area contributed by atoms with E-state index in [-0.39, 0.29) is 0 Å². The lowest BCUT2D eigenvalue weighted by molar-refractivity contribution is -0.786. The number of fused-ring (bicyclic) bond motifs is 2. The Bertz CT molecular complexity index is 1510. The summed E-state index contributed by atoms with van der Waals surface area (Å²) in [5, 5.41) is 18.3. The monoisotopic (exact) mass is 433 g/mol. The van der Waals surface area contributed by atoms with Crippen LogP contribution < -0.4 is 10.3 Å². The van der Waals surface area contributed by atoms with E-state index in [9.17, 15) is 0 Å². The predicted octanol–water partition coefficient (Wildman–Crippen LogP) is 6.18. The quantitative estimate of drug-likeness (QED) is 0.258. The van der Waals surface area contributed by atoms with Crippen molar-refractivity contribution >= 4 is 28.0 Å². The van der Waals surface area contributed by atoms with Crippen LogP contribution in [0.5, 0.6) is 0 Å². The van der Waals surface area contributed by atoms with Crippen LogP contribution in [0.25, 0.3) is 33.4 Å². The fourth-order valence-corrected chi connectivity index (χ4v) is 4.03. The fourth-order valence-electron chi connectivity index (χ4n) is 4.03. The van der Waals surface area contributed by atoms with Crippen LogP contribution in [0.15, 0.2) is 99.6 Å². The van der Waals surface area contributed by atoms with Crippen LogP contribution in [-0.4, -0.2) is 14.1 Å². The topological polar surface area (TPSA) is 66.2 Å². The number of benzene rings is 4. The molecule has 2 aliphatic rings. The molecule has 2 N–H and O–H groups in total. The first-order chi connectivity index (χ1) is 16.0. The molecule has 0 spiro atoms. The van der Waals surface area contributed by atoms with Crippen molar-refractivity contribution in [3.63, 3.8) is 0 Å². The van der Waals surface area contributed by atoms with E-state index in [0.717, 1.165) is 27.8 Å². The summed E-state index contributed by atoms with van der Waals surface area (Å²) >= 11 is 0. The summed E-state index contributed by atoms with van der Waals surface area (Å²) < 4.78 is 6.23. The highest BCUT2D eigenvalue weighted by atomic mass is 16.3. The fraction of sp³-hybridized carbons (Fsp3) is 0.107. The third kappa shape index (κ3) is 4.19. The number of rotatable bonds is 4. The molecular weight excluding hydrogens is 408 g/mol. The molecule has 1 aliphatic carbocycles. The first-order valence-corrected chi connectivity index (χ1v) is 10.9. The molecule has 0 bridgehead atoms. The van der Waals surface area contributed by atoms with Crippen LogP contribution in [0.4, 0.5) is 17.1 Å². The molecule has 5 heteroatoms. The lowest BCUT2D eigenvalue weighted by Crippen LogP contribution is -3.00. The zero-order valence-electron chi connectivity index (χ0n) is 18.9. The summed E-state index contributed by atoms with van der Waals surface area (Å²) in [5.74, 6) is 0.683. The standard InChI is InChI=1S/C28H24N4O/c1-18-5-4-6-19(15-18)28-24-13-7-20(29)16-26(24)33-27-17-22(10-14-25(27)28)31-30-21-8-11-23(12-9-21)32(2)3/h4-17,29H,1-3H3/p+1. The molecule has 0 radical (unpaired) electrons. The van der Waals surface area contributed by atoms with E-state index in [1.165, 1.54) is 16.2 Å². The van der Waals surface area contributed by atoms with E-state index in [1.807, 2.05) is 36.4 Å². The molecule has 0 saturated carbocycles. The highest BCUT2D eigenvalue weighted by Gasteiger charge is 2.17. The van der Waals surface area contributed by atoms with Crippen molar-refractivity contribution in [2.24, 2.45) is 10.2 Å². The van der Waals surface area contributed by atoms with E-state index in [0.29, 0.717) is 22.4 Å². The summed E-state index contributed by atoms with van der Waals surface area (Å²) in [6, 6.07) is 27.9. The van der Waals surface area contributed by atoms with Crippen molar-refractivity contribution < 1.29 is 9.32 Å². The molecule has 0 unspecified atom stereocenters. The molecule has 1 heterocycles. The molecule has 0 atom stereocenters.